The normalized spacial score (nSPS) is 14.3. The molecule has 0 radical (unpaired) electrons. The maximum absolute atomic E-state index is 13.6. The van der Waals surface area contributed by atoms with Gasteiger partial charge < -0.3 is 4.90 Å². The number of benzene rings is 3. The third-order valence-corrected chi connectivity index (χ3v) is 7.91. The number of ketones is 1. The average molecular weight is 529 g/mol. The SMILES string of the molecule is CC(=O)CN1CCN=C1Nc1nc(C(C)c2ccc(-c3ccccc3)cc2)nn1S(=O)(=O)c1ccccc1. The van der Waals surface area contributed by atoms with Gasteiger partial charge in [0.25, 0.3) is 10.0 Å². The molecule has 0 amide bonds. The molecule has 0 fully saturated rings. The van der Waals surface area contributed by atoms with E-state index < -0.39 is 10.0 Å². The molecule has 5 rings (SSSR count). The molecule has 2 heterocycles. The Hall–Kier alpha value is -4.31. The van der Waals surface area contributed by atoms with Crippen molar-refractivity contribution in [1.82, 2.24) is 19.1 Å². The van der Waals surface area contributed by atoms with Crippen molar-refractivity contribution >= 4 is 27.7 Å². The molecule has 194 valence electrons. The number of nitrogens with zero attached hydrogens (tertiary/aromatic N) is 5. The highest BCUT2D eigenvalue weighted by Gasteiger charge is 2.29. The number of Topliss-reactive ketones (excluding diaryl/α,β-unsaturated/α-hetero) is 1. The Morgan fingerprint density at radius 2 is 1.58 bits per heavy atom. The Morgan fingerprint density at radius 3 is 2.24 bits per heavy atom. The van der Waals surface area contributed by atoms with Gasteiger partial charge >= 0.3 is 0 Å². The standard InChI is InChI=1S/C28H28N6O3S/c1-20(35)19-33-18-17-29-27(33)31-28-30-26(32-34(28)38(36,37)25-11-7-4-8-12-25)21(2)22-13-15-24(16-14-22)23-9-5-3-6-10-23/h3-16,21H,17-19H2,1-2H3,(H,29,30,31,32). The molecule has 0 bridgehead atoms. The number of guanidine groups is 1. The summed E-state index contributed by atoms with van der Waals surface area (Å²) in [5.41, 5.74) is 3.14. The van der Waals surface area contributed by atoms with Crippen LogP contribution in [0.25, 0.3) is 11.1 Å². The molecule has 0 aliphatic carbocycles. The van der Waals surface area contributed by atoms with Gasteiger partial charge in [-0.1, -0.05) is 79.7 Å². The van der Waals surface area contributed by atoms with E-state index in [1.165, 1.54) is 19.1 Å². The van der Waals surface area contributed by atoms with Crippen molar-refractivity contribution in [2.45, 2.75) is 24.7 Å². The number of aliphatic imine (C=N–C) groups is 1. The van der Waals surface area contributed by atoms with Crippen LogP contribution in [0.1, 0.15) is 31.2 Å². The summed E-state index contributed by atoms with van der Waals surface area (Å²) in [7, 11) is -4.05. The molecule has 1 atom stereocenters. The van der Waals surface area contributed by atoms with Gasteiger partial charge in [-0.3, -0.25) is 15.1 Å². The van der Waals surface area contributed by atoms with Crippen molar-refractivity contribution in [1.29, 1.82) is 0 Å². The van der Waals surface area contributed by atoms with Gasteiger partial charge in [0.05, 0.1) is 18.0 Å². The van der Waals surface area contributed by atoms with Crippen LogP contribution in [0.4, 0.5) is 5.95 Å². The first-order chi connectivity index (χ1) is 18.3. The molecule has 0 saturated carbocycles. The first-order valence-corrected chi connectivity index (χ1v) is 13.8. The number of hydrogen-bond acceptors (Lipinski definition) is 8. The summed E-state index contributed by atoms with van der Waals surface area (Å²) >= 11 is 0. The van der Waals surface area contributed by atoms with E-state index >= 15 is 0 Å². The van der Waals surface area contributed by atoms with Gasteiger partial charge in [0, 0.05) is 12.5 Å². The fourth-order valence-electron chi connectivity index (χ4n) is 4.30. The minimum atomic E-state index is -4.05. The molecule has 1 aromatic heterocycles. The van der Waals surface area contributed by atoms with Crippen LogP contribution in [0.2, 0.25) is 0 Å². The Kier molecular flexibility index (Phi) is 7.06. The third-order valence-electron chi connectivity index (χ3n) is 6.34. The van der Waals surface area contributed by atoms with Crippen LogP contribution in [0.3, 0.4) is 0 Å². The van der Waals surface area contributed by atoms with Crippen LogP contribution in [0.5, 0.6) is 0 Å². The molecule has 1 aliphatic heterocycles. The van der Waals surface area contributed by atoms with Gasteiger partial charge in [0.1, 0.15) is 5.78 Å². The number of rotatable bonds is 8. The fraction of sp³-hybridized carbons (Fsp3) is 0.214. The van der Waals surface area contributed by atoms with E-state index in [1.54, 1.807) is 23.1 Å². The second-order valence-corrected chi connectivity index (χ2v) is 10.9. The van der Waals surface area contributed by atoms with Crippen LogP contribution in [0.15, 0.2) is 94.8 Å². The van der Waals surface area contributed by atoms with Gasteiger partial charge in [0.2, 0.25) is 11.9 Å². The van der Waals surface area contributed by atoms with E-state index in [-0.39, 0.29) is 29.1 Å². The molecule has 9 nitrogen and oxygen atoms in total. The molecule has 38 heavy (non-hydrogen) atoms. The second kappa shape index (κ2) is 10.6. The Bertz CT molecular complexity index is 1570. The fourth-order valence-corrected chi connectivity index (χ4v) is 5.51. The highest BCUT2D eigenvalue weighted by atomic mass is 32.2. The van der Waals surface area contributed by atoms with Crippen molar-refractivity contribution in [2.75, 3.05) is 25.0 Å². The second-order valence-electron chi connectivity index (χ2n) is 9.12. The van der Waals surface area contributed by atoms with E-state index in [0.717, 1.165) is 20.8 Å². The van der Waals surface area contributed by atoms with Gasteiger partial charge in [-0.15, -0.1) is 9.19 Å². The lowest BCUT2D eigenvalue weighted by atomic mass is 9.97. The molecule has 0 saturated heterocycles. The van der Waals surface area contributed by atoms with Crippen molar-refractivity contribution in [3.8, 4) is 11.1 Å². The summed E-state index contributed by atoms with van der Waals surface area (Å²) in [6.45, 7) is 4.65. The van der Waals surface area contributed by atoms with E-state index in [1.807, 2.05) is 49.4 Å². The quantitative estimate of drug-likeness (QED) is 0.368. The topological polar surface area (TPSA) is 110 Å². The van der Waals surface area contributed by atoms with E-state index in [0.29, 0.717) is 24.9 Å². The first-order valence-electron chi connectivity index (χ1n) is 12.3. The zero-order valence-corrected chi connectivity index (χ0v) is 22.0. The van der Waals surface area contributed by atoms with E-state index in [4.69, 9.17) is 0 Å². The van der Waals surface area contributed by atoms with Gasteiger partial charge in [-0.2, -0.15) is 13.4 Å². The van der Waals surface area contributed by atoms with Crippen molar-refractivity contribution in [3.05, 3.63) is 96.3 Å². The molecule has 0 spiro atoms. The van der Waals surface area contributed by atoms with E-state index in [2.05, 4.69) is 32.5 Å². The largest absolute Gasteiger partial charge is 0.333 e. The monoisotopic (exact) mass is 528 g/mol. The van der Waals surface area contributed by atoms with Crippen LogP contribution in [0, 0.1) is 0 Å². The van der Waals surface area contributed by atoms with Gasteiger partial charge in [0.15, 0.2) is 5.82 Å². The zero-order chi connectivity index (χ0) is 26.7. The Labute approximate surface area is 221 Å². The van der Waals surface area contributed by atoms with Crippen LogP contribution in [-0.2, 0) is 14.8 Å². The molecule has 1 N–H and O–H groups in total. The van der Waals surface area contributed by atoms with E-state index in [9.17, 15) is 13.2 Å². The van der Waals surface area contributed by atoms with Gasteiger partial charge in [-0.25, -0.2) is 0 Å². The minimum absolute atomic E-state index is 0.0193. The van der Waals surface area contributed by atoms with Crippen molar-refractivity contribution < 1.29 is 13.2 Å². The maximum Gasteiger partial charge on any atom is 0.286 e. The molecule has 1 unspecified atom stereocenters. The lowest BCUT2D eigenvalue weighted by molar-refractivity contribution is -0.117. The molecule has 4 aromatic rings. The average Bonchev–Trinajstić information content (AvgIpc) is 3.56. The molecule has 3 aromatic carbocycles. The number of anilines is 1. The van der Waals surface area contributed by atoms with Crippen LogP contribution in [-0.4, -0.2) is 58.9 Å². The van der Waals surface area contributed by atoms with Crippen molar-refractivity contribution in [3.63, 3.8) is 0 Å². The highest BCUT2D eigenvalue weighted by Crippen LogP contribution is 2.28. The highest BCUT2D eigenvalue weighted by molar-refractivity contribution is 7.90. The first kappa shape index (κ1) is 25.3. The number of hydrogen-bond donors (Lipinski definition) is 1. The zero-order valence-electron chi connectivity index (χ0n) is 21.2. The molecular weight excluding hydrogens is 500 g/mol. The predicted octanol–water partition coefficient (Wildman–Crippen LogP) is 4.01. The lowest BCUT2D eigenvalue weighted by Gasteiger charge is -2.19. The Balaban J connectivity index is 1.50. The molecule has 1 aliphatic rings. The number of carbonyl (C=O) groups excluding carboxylic acids is 1. The lowest BCUT2D eigenvalue weighted by Crippen LogP contribution is -2.37. The van der Waals surface area contributed by atoms with Crippen LogP contribution >= 0.6 is 0 Å². The summed E-state index contributed by atoms with van der Waals surface area (Å²) in [6, 6.07) is 26.2. The molecule has 10 heteroatoms. The predicted molar refractivity (Wildman–Crippen MR) is 147 cm³/mol. The summed E-state index contributed by atoms with van der Waals surface area (Å²) in [6.07, 6.45) is 0. The summed E-state index contributed by atoms with van der Waals surface area (Å²) in [5.74, 6) is 0.449. The van der Waals surface area contributed by atoms with Crippen molar-refractivity contribution in [2.24, 2.45) is 4.99 Å². The maximum atomic E-state index is 13.6. The summed E-state index contributed by atoms with van der Waals surface area (Å²) in [5, 5.41) is 7.49. The number of aromatic nitrogens is 3. The summed E-state index contributed by atoms with van der Waals surface area (Å²) in [4.78, 5) is 22.6. The summed E-state index contributed by atoms with van der Waals surface area (Å²) < 4.78 is 28.1. The minimum Gasteiger partial charge on any atom is -0.333 e. The van der Waals surface area contributed by atoms with Crippen LogP contribution < -0.4 is 5.32 Å². The smallest absolute Gasteiger partial charge is 0.286 e. The molecular formula is C28H28N6O3S. The number of nitrogens with one attached hydrogen (secondary N) is 1. The number of carbonyl (C=O) groups is 1. The third kappa shape index (κ3) is 5.21. The van der Waals surface area contributed by atoms with Gasteiger partial charge in [-0.05, 0) is 35.7 Å². The Morgan fingerprint density at radius 1 is 0.947 bits per heavy atom.